The fourth-order valence-corrected chi connectivity index (χ4v) is 3.88. The number of amides is 1. The first-order valence-electron chi connectivity index (χ1n) is 7.05. The summed E-state index contributed by atoms with van der Waals surface area (Å²) in [4.78, 5) is 18.5. The molecule has 0 saturated carbocycles. The molecule has 1 amide bonds. The van der Waals surface area contributed by atoms with Gasteiger partial charge in [-0.05, 0) is 42.2 Å². The second-order valence-corrected chi connectivity index (χ2v) is 7.13. The third-order valence-electron chi connectivity index (χ3n) is 3.32. The highest BCUT2D eigenvalue weighted by molar-refractivity contribution is 7.99. The second kappa shape index (κ2) is 6.50. The number of rotatable bonds is 3. The molecule has 0 aliphatic rings. The summed E-state index contributed by atoms with van der Waals surface area (Å²) in [7, 11) is 1.94. The molecular formula is C17H16N2OS2. The van der Waals surface area contributed by atoms with Crippen molar-refractivity contribution in [3.05, 3.63) is 58.9 Å². The normalized spacial score (nSPS) is 12.0. The van der Waals surface area contributed by atoms with Crippen molar-refractivity contribution >= 4 is 39.2 Å². The van der Waals surface area contributed by atoms with Crippen LogP contribution in [0.3, 0.4) is 0 Å². The van der Waals surface area contributed by atoms with Crippen LogP contribution in [0.25, 0.3) is 10.2 Å². The Morgan fingerprint density at radius 2 is 1.91 bits per heavy atom. The Morgan fingerprint density at radius 3 is 2.59 bits per heavy atom. The minimum atomic E-state index is -0.199. The Hall–Kier alpha value is -1.85. The maximum atomic E-state index is 12.3. The van der Waals surface area contributed by atoms with E-state index in [4.69, 9.17) is 0 Å². The van der Waals surface area contributed by atoms with Crippen molar-refractivity contribution in [1.82, 2.24) is 4.57 Å². The van der Waals surface area contributed by atoms with Crippen LogP contribution in [0.4, 0.5) is 0 Å². The number of carbonyl (C=O) groups is 1. The van der Waals surface area contributed by atoms with Crippen LogP contribution in [-0.2, 0) is 7.05 Å². The van der Waals surface area contributed by atoms with Gasteiger partial charge in [0.2, 0.25) is 0 Å². The van der Waals surface area contributed by atoms with Gasteiger partial charge in [-0.1, -0.05) is 30.4 Å². The van der Waals surface area contributed by atoms with Crippen molar-refractivity contribution in [2.75, 3.05) is 5.75 Å². The van der Waals surface area contributed by atoms with Crippen LogP contribution in [-0.4, -0.2) is 16.2 Å². The third-order valence-corrected chi connectivity index (χ3v) is 5.33. The van der Waals surface area contributed by atoms with E-state index in [2.05, 4.69) is 11.9 Å². The summed E-state index contributed by atoms with van der Waals surface area (Å²) in [6, 6.07) is 15.7. The van der Waals surface area contributed by atoms with Gasteiger partial charge in [-0.3, -0.25) is 4.79 Å². The lowest BCUT2D eigenvalue weighted by molar-refractivity contribution is 0.0998. The molecule has 5 heteroatoms. The zero-order chi connectivity index (χ0) is 15.5. The molecule has 22 heavy (non-hydrogen) atoms. The van der Waals surface area contributed by atoms with Crippen LogP contribution in [0, 0.1) is 0 Å². The number of carbonyl (C=O) groups excluding carboxylic acids is 1. The van der Waals surface area contributed by atoms with Crippen molar-refractivity contribution in [2.45, 2.75) is 11.8 Å². The van der Waals surface area contributed by atoms with E-state index in [9.17, 15) is 4.79 Å². The van der Waals surface area contributed by atoms with Crippen LogP contribution in [0.5, 0.6) is 0 Å². The van der Waals surface area contributed by atoms with Crippen molar-refractivity contribution < 1.29 is 4.79 Å². The van der Waals surface area contributed by atoms with Gasteiger partial charge in [0.25, 0.3) is 5.91 Å². The molecule has 0 N–H and O–H groups in total. The van der Waals surface area contributed by atoms with E-state index in [0.717, 1.165) is 20.8 Å². The highest BCUT2D eigenvalue weighted by atomic mass is 32.2. The second-order valence-electron chi connectivity index (χ2n) is 4.79. The number of para-hydroxylation sites is 1. The van der Waals surface area contributed by atoms with Crippen LogP contribution in [0.15, 0.2) is 58.4 Å². The topological polar surface area (TPSA) is 34.4 Å². The summed E-state index contributed by atoms with van der Waals surface area (Å²) in [6.07, 6.45) is 0. The lowest BCUT2D eigenvalue weighted by Gasteiger charge is -1.99. The smallest absolute Gasteiger partial charge is 0.279 e. The predicted molar refractivity (Wildman–Crippen MR) is 93.5 cm³/mol. The Balaban J connectivity index is 1.95. The molecule has 1 aromatic heterocycles. The molecule has 3 rings (SSSR count). The molecule has 0 unspecified atom stereocenters. The molecule has 0 radical (unpaired) electrons. The van der Waals surface area contributed by atoms with Gasteiger partial charge in [-0.15, -0.1) is 11.8 Å². The number of benzene rings is 2. The maximum Gasteiger partial charge on any atom is 0.279 e. The molecule has 112 valence electrons. The van der Waals surface area contributed by atoms with Gasteiger partial charge in [0, 0.05) is 17.5 Å². The van der Waals surface area contributed by atoms with Gasteiger partial charge in [0.05, 0.1) is 10.2 Å². The number of aromatic nitrogens is 1. The minimum absolute atomic E-state index is 0.199. The predicted octanol–water partition coefficient (Wildman–Crippen LogP) is 4.09. The van der Waals surface area contributed by atoms with E-state index >= 15 is 0 Å². The molecule has 3 aromatic rings. The average molecular weight is 328 g/mol. The zero-order valence-electron chi connectivity index (χ0n) is 12.4. The number of nitrogens with zero attached hydrogens (tertiary/aromatic N) is 2. The molecule has 0 aliphatic heterocycles. The summed E-state index contributed by atoms with van der Waals surface area (Å²) in [5.41, 5.74) is 1.71. The first kappa shape index (κ1) is 15.1. The van der Waals surface area contributed by atoms with Gasteiger partial charge in [0.15, 0.2) is 4.80 Å². The lowest BCUT2D eigenvalue weighted by atomic mass is 10.2. The quantitative estimate of drug-likeness (QED) is 0.679. The van der Waals surface area contributed by atoms with Gasteiger partial charge in [-0.2, -0.15) is 4.99 Å². The van der Waals surface area contributed by atoms with E-state index < -0.39 is 0 Å². The molecule has 3 nitrogen and oxygen atoms in total. The first-order valence-corrected chi connectivity index (χ1v) is 8.85. The summed E-state index contributed by atoms with van der Waals surface area (Å²) in [5, 5.41) is 0. The van der Waals surface area contributed by atoms with E-state index in [0.29, 0.717) is 5.56 Å². The van der Waals surface area contributed by atoms with Crippen molar-refractivity contribution in [3.63, 3.8) is 0 Å². The Kier molecular flexibility index (Phi) is 4.45. The van der Waals surface area contributed by atoms with Gasteiger partial charge in [-0.25, -0.2) is 0 Å². The molecule has 0 atom stereocenters. The average Bonchev–Trinajstić information content (AvgIpc) is 2.85. The SMILES string of the molecule is CCSc1ccc(C(=O)N=c2sc3ccccc3n2C)cc1. The third kappa shape index (κ3) is 3.00. The van der Waals surface area contributed by atoms with E-state index in [1.807, 2.05) is 60.1 Å². The van der Waals surface area contributed by atoms with Crippen molar-refractivity contribution in [1.29, 1.82) is 0 Å². The van der Waals surface area contributed by atoms with Gasteiger partial charge in [0.1, 0.15) is 0 Å². The zero-order valence-corrected chi connectivity index (χ0v) is 14.1. The van der Waals surface area contributed by atoms with Crippen molar-refractivity contribution in [3.8, 4) is 0 Å². The molecule has 0 bridgehead atoms. The van der Waals surface area contributed by atoms with Crippen LogP contribution >= 0.6 is 23.1 Å². The molecule has 0 saturated heterocycles. The Bertz CT molecular complexity index is 876. The molecular weight excluding hydrogens is 312 g/mol. The van der Waals surface area contributed by atoms with Gasteiger partial charge >= 0.3 is 0 Å². The van der Waals surface area contributed by atoms with E-state index in [-0.39, 0.29) is 5.91 Å². The van der Waals surface area contributed by atoms with E-state index in [1.165, 1.54) is 16.2 Å². The number of hydrogen-bond acceptors (Lipinski definition) is 3. The maximum absolute atomic E-state index is 12.3. The summed E-state index contributed by atoms with van der Waals surface area (Å²) >= 11 is 3.29. The highest BCUT2D eigenvalue weighted by Gasteiger charge is 2.07. The first-order chi connectivity index (χ1) is 10.7. The number of aryl methyl sites for hydroxylation is 1. The number of hydrogen-bond donors (Lipinski definition) is 0. The fourth-order valence-electron chi connectivity index (χ4n) is 2.20. The summed E-state index contributed by atoms with van der Waals surface area (Å²) in [6.45, 7) is 2.11. The fraction of sp³-hybridized carbons (Fsp3) is 0.176. The van der Waals surface area contributed by atoms with Gasteiger partial charge < -0.3 is 4.57 Å². The van der Waals surface area contributed by atoms with E-state index in [1.54, 1.807) is 11.8 Å². The lowest BCUT2D eigenvalue weighted by Crippen LogP contribution is -2.13. The Labute approximate surface area is 137 Å². The van der Waals surface area contributed by atoms with Crippen LogP contribution in [0.1, 0.15) is 17.3 Å². The summed E-state index contributed by atoms with van der Waals surface area (Å²) in [5.74, 6) is 0.824. The summed E-state index contributed by atoms with van der Waals surface area (Å²) < 4.78 is 3.09. The number of thiazole rings is 1. The minimum Gasteiger partial charge on any atom is -0.319 e. The number of thioether (sulfide) groups is 1. The molecule has 2 aromatic carbocycles. The van der Waals surface area contributed by atoms with Crippen LogP contribution < -0.4 is 4.80 Å². The number of fused-ring (bicyclic) bond motifs is 1. The molecule has 0 fully saturated rings. The monoisotopic (exact) mass is 328 g/mol. The highest BCUT2D eigenvalue weighted by Crippen LogP contribution is 2.18. The molecule has 0 spiro atoms. The Morgan fingerprint density at radius 1 is 1.18 bits per heavy atom. The largest absolute Gasteiger partial charge is 0.319 e. The standard InChI is InChI=1S/C17H16N2OS2/c1-3-21-13-10-8-12(9-11-13)16(20)18-17-19(2)14-6-4-5-7-15(14)22-17/h4-11H,3H2,1-2H3. The molecule has 1 heterocycles. The van der Waals surface area contributed by atoms with Crippen LogP contribution in [0.2, 0.25) is 0 Å². The van der Waals surface area contributed by atoms with Crippen molar-refractivity contribution in [2.24, 2.45) is 12.0 Å². The molecule has 0 aliphatic carbocycles.